The summed E-state index contributed by atoms with van der Waals surface area (Å²) < 4.78 is 11.7. The number of carbonyl (C=O) groups is 1. The number of halogens is 1. The van der Waals surface area contributed by atoms with Crippen molar-refractivity contribution in [1.82, 2.24) is 5.32 Å². The van der Waals surface area contributed by atoms with Gasteiger partial charge in [-0.2, -0.15) is 0 Å². The highest BCUT2D eigenvalue weighted by Crippen LogP contribution is 2.26. The van der Waals surface area contributed by atoms with Gasteiger partial charge in [-0.15, -0.1) is 0 Å². The second-order valence-electron chi connectivity index (χ2n) is 5.36. The number of thiocarbonyl (C=S) groups is 1. The Morgan fingerprint density at radius 3 is 2.46 bits per heavy atom. The minimum Gasteiger partial charge on any atom is -0.494 e. The van der Waals surface area contributed by atoms with E-state index in [9.17, 15) is 4.79 Å². The number of nitrogens with one attached hydrogen (secondary N) is 2. The van der Waals surface area contributed by atoms with Crippen LogP contribution in [0.1, 0.15) is 30.6 Å². The molecule has 2 N–H and O–H groups in total. The molecule has 0 bridgehead atoms. The predicted molar refractivity (Wildman–Crippen MR) is 111 cm³/mol. The molecule has 0 saturated carbocycles. The van der Waals surface area contributed by atoms with Crippen molar-refractivity contribution in [3.63, 3.8) is 0 Å². The summed E-state index contributed by atoms with van der Waals surface area (Å²) in [5.74, 6) is 1.19. The molecule has 0 aromatic heterocycles. The third-order valence-electron chi connectivity index (χ3n) is 3.31. The zero-order valence-electron chi connectivity index (χ0n) is 14.7. The van der Waals surface area contributed by atoms with Gasteiger partial charge < -0.3 is 14.8 Å². The van der Waals surface area contributed by atoms with Gasteiger partial charge in [0.1, 0.15) is 11.5 Å². The first-order valence-corrected chi connectivity index (χ1v) is 9.51. The number of hydrogen-bond acceptors (Lipinski definition) is 4. The number of amides is 1. The van der Waals surface area contributed by atoms with Gasteiger partial charge in [-0.05, 0) is 84.0 Å². The van der Waals surface area contributed by atoms with E-state index in [2.05, 4.69) is 33.5 Å². The van der Waals surface area contributed by atoms with E-state index in [1.807, 2.05) is 31.2 Å². The Morgan fingerprint density at radius 2 is 1.85 bits per heavy atom. The lowest BCUT2D eigenvalue weighted by molar-refractivity contribution is 0.0977. The van der Waals surface area contributed by atoms with Crippen molar-refractivity contribution >= 4 is 44.9 Å². The van der Waals surface area contributed by atoms with Crippen LogP contribution in [0.3, 0.4) is 0 Å². The molecule has 26 heavy (non-hydrogen) atoms. The molecule has 2 aromatic rings. The quantitative estimate of drug-likeness (QED) is 0.612. The van der Waals surface area contributed by atoms with Crippen molar-refractivity contribution < 1.29 is 14.3 Å². The topological polar surface area (TPSA) is 59.6 Å². The molecule has 0 spiro atoms. The van der Waals surface area contributed by atoms with Crippen LogP contribution in [0.4, 0.5) is 5.69 Å². The molecule has 5 nitrogen and oxygen atoms in total. The van der Waals surface area contributed by atoms with E-state index < -0.39 is 0 Å². The molecule has 0 aliphatic heterocycles. The van der Waals surface area contributed by atoms with Crippen LogP contribution in [0.2, 0.25) is 0 Å². The van der Waals surface area contributed by atoms with Crippen molar-refractivity contribution in [3.05, 3.63) is 52.5 Å². The Kier molecular flexibility index (Phi) is 7.87. The van der Waals surface area contributed by atoms with Gasteiger partial charge in [0.25, 0.3) is 5.91 Å². The van der Waals surface area contributed by atoms with E-state index in [0.717, 1.165) is 17.9 Å². The number of hydrogen-bond donors (Lipinski definition) is 2. The van der Waals surface area contributed by atoms with Crippen LogP contribution in [-0.4, -0.2) is 24.2 Å². The fraction of sp³-hybridized carbons (Fsp3) is 0.263. The van der Waals surface area contributed by atoms with Crippen LogP contribution in [0, 0.1) is 0 Å². The number of carbonyl (C=O) groups excluding carboxylic acids is 1. The Labute approximate surface area is 167 Å². The molecule has 7 heteroatoms. The molecule has 1 amide bonds. The monoisotopic (exact) mass is 436 g/mol. The van der Waals surface area contributed by atoms with E-state index in [0.29, 0.717) is 29.0 Å². The summed E-state index contributed by atoms with van der Waals surface area (Å²) in [6.45, 7) is 5.19. The fourth-order valence-electron chi connectivity index (χ4n) is 2.11. The summed E-state index contributed by atoms with van der Waals surface area (Å²) in [5, 5.41) is 5.86. The second-order valence-corrected chi connectivity index (χ2v) is 6.62. The summed E-state index contributed by atoms with van der Waals surface area (Å²) in [6.07, 6.45) is 0.956. The molecule has 0 fully saturated rings. The molecule has 0 unspecified atom stereocenters. The van der Waals surface area contributed by atoms with Gasteiger partial charge in [0, 0.05) is 11.3 Å². The average molecular weight is 437 g/mol. The van der Waals surface area contributed by atoms with Gasteiger partial charge in [0.05, 0.1) is 17.7 Å². The number of ether oxygens (including phenoxy) is 2. The van der Waals surface area contributed by atoms with Crippen LogP contribution in [0.25, 0.3) is 0 Å². The first-order valence-electron chi connectivity index (χ1n) is 8.31. The predicted octanol–water partition coefficient (Wildman–Crippen LogP) is 4.76. The van der Waals surface area contributed by atoms with Crippen LogP contribution in [0.5, 0.6) is 11.5 Å². The highest BCUT2D eigenvalue weighted by Gasteiger charge is 2.11. The summed E-state index contributed by atoms with van der Waals surface area (Å²) in [6, 6.07) is 12.5. The molecule has 2 rings (SSSR count). The maximum absolute atomic E-state index is 12.3. The smallest absolute Gasteiger partial charge is 0.257 e. The lowest BCUT2D eigenvalue weighted by atomic mass is 10.2. The SMILES string of the molecule is CCCOc1ccc(NC(=S)NC(=O)c2ccc(OCC)c(Br)c2)cc1. The van der Waals surface area contributed by atoms with E-state index in [-0.39, 0.29) is 11.0 Å². The Bertz CT molecular complexity index is 766. The summed E-state index contributed by atoms with van der Waals surface area (Å²) in [5.41, 5.74) is 1.25. The minimum atomic E-state index is -0.297. The van der Waals surface area contributed by atoms with Gasteiger partial charge >= 0.3 is 0 Å². The van der Waals surface area contributed by atoms with Gasteiger partial charge in [-0.25, -0.2) is 0 Å². The normalized spacial score (nSPS) is 10.1. The van der Waals surface area contributed by atoms with Crippen molar-refractivity contribution in [3.8, 4) is 11.5 Å². The van der Waals surface area contributed by atoms with Crippen LogP contribution in [0.15, 0.2) is 46.9 Å². The van der Waals surface area contributed by atoms with Crippen LogP contribution >= 0.6 is 28.1 Å². The van der Waals surface area contributed by atoms with E-state index in [1.165, 1.54) is 0 Å². The minimum absolute atomic E-state index is 0.224. The molecule has 0 atom stereocenters. The first kappa shape index (κ1) is 20.2. The highest BCUT2D eigenvalue weighted by molar-refractivity contribution is 9.10. The molecule has 0 aliphatic carbocycles. The van der Waals surface area contributed by atoms with Gasteiger partial charge in [-0.1, -0.05) is 6.92 Å². The van der Waals surface area contributed by atoms with Crippen molar-refractivity contribution in [2.24, 2.45) is 0 Å². The Balaban J connectivity index is 1.92. The van der Waals surface area contributed by atoms with E-state index in [4.69, 9.17) is 21.7 Å². The lowest BCUT2D eigenvalue weighted by Crippen LogP contribution is -2.34. The average Bonchev–Trinajstić information content (AvgIpc) is 2.63. The zero-order chi connectivity index (χ0) is 18.9. The van der Waals surface area contributed by atoms with Gasteiger partial charge in [-0.3, -0.25) is 10.1 Å². The number of benzene rings is 2. The van der Waals surface area contributed by atoms with Crippen molar-refractivity contribution in [2.45, 2.75) is 20.3 Å². The maximum atomic E-state index is 12.3. The molecule has 2 aromatic carbocycles. The molecule has 0 saturated heterocycles. The summed E-state index contributed by atoms with van der Waals surface area (Å²) in [7, 11) is 0. The maximum Gasteiger partial charge on any atom is 0.257 e. The molecular formula is C19H21BrN2O3S. The summed E-state index contributed by atoms with van der Waals surface area (Å²) >= 11 is 8.60. The standard InChI is InChI=1S/C19H21BrN2O3S/c1-3-11-25-15-8-6-14(7-9-15)21-19(26)22-18(23)13-5-10-17(24-4-2)16(20)12-13/h5-10,12H,3-4,11H2,1-2H3,(H2,21,22,23,26). The Morgan fingerprint density at radius 1 is 1.12 bits per heavy atom. The summed E-state index contributed by atoms with van der Waals surface area (Å²) in [4.78, 5) is 12.3. The second kappa shape index (κ2) is 10.1. The Hall–Kier alpha value is -2.12. The first-order chi connectivity index (χ1) is 12.5. The number of rotatable bonds is 7. The lowest BCUT2D eigenvalue weighted by Gasteiger charge is -2.11. The van der Waals surface area contributed by atoms with Crippen LogP contribution in [-0.2, 0) is 0 Å². The van der Waals surface area contributed by atoms with Crippen LogP contribution < -0.4 is 20.1 Å². The zero-order valence-corrected chi connectivity index (χ0v) is 17.1. The highest BCUT2D eigenvalue weighted by atomic mass is 79.9. The third kappa shape index (κ3) is 6.00. The van der Waals surface area contributed by atoms with Crippen molar-refractivity contribution in [2.75, 3.05) is 18.5 Å². The molecule has 0 heterocycles. The van der Waals surface area contributed by atoms with E-state index in [1.54, 1.807) is 18.2 Å². The number of anilines is 1. The third-order valence-corrected chi connectivity index (χ3v) is 4.13. The largest absolute Gasteiger partial charge is 0.494 e. The molecule has 138 valence electrons. The van der Waals surface area contributed by atoms with Gasteiger partial charge in [0.15, 0.2) is 5.11 Å². The van der Waals surface area contributed by atoms with E-state index >= 15 is 0 Å². The molecule has 0 radical (unpaired) electrons. The molecular weight excluding hydrogens is 416 g/mol. The fourth-order valence-corrected chi connectivity index (χ4v) is 2.81. The van der Waals surface area contributed by atoms with Gasteiger partial charge in [0.2, 0.25) is 0 Å². The molecule has 0 aliphatic rings. The van der Waals surface area contributed by atoms with Crippen molar-refractivity contribution in [1.29, 1.82) is 0 Å².